The molecule has 1 saturated heterocycles. The van der Waals surface area contributed by atoms with Crippen molar-refractivity contribution < 1.29 is 14.7 Å². The van der Waals surface area contributed by atoms with Crippen molar-refractivity contribution in [3.05, 3.63) is 34.3 Å². The van der Waals surface area contributed by atoms with Gasteiger partial charge in [-0.3, -0.25) is 9.59 Å². The highest BCUT2D eigenvalue weighted by molar-refractivity contribution is 9.10. The van der Waals surface area contributed by atoms with Crippen molar-refractivity contribution in [1.29, 1.82) is 0 Å². The molecule has 5 heteroatoms. The molecule has 1 saturated carbocycles. The Hall–Kier alpha value is -1.36. The number of carboxylic acid groups (broad SMARTS) is 1. The third kappa shape index (κ3) is 2.98. The summed E-state index contributed by atoms with van der Waals surface area (Å²) in [6.07, 6.45) is 3.67. The van der Waals surface area contributed by atoms with Gasteiger partial charge in [0.2, 0.25) is 5.91 Å². The number of carbonyl (C=O) groups is 2. The van der Waals surface area contributed by atoms with Crippen LogP contribution in [0.4, 0.5) is 0 Å². The number of aliphatic carboxylic acids is 1. The van der Waals surface area contributed by atoms with Crippen LogP contribution in [0.2, 0.25) is 0 Å². The Morgan fingerprint density at radius 3 is 2.43 bits per heavy atom. The molecule has 2 atom stereocenters. The molecule has 1 aromatic rings. The van der Waals surface area contributed by atoms with Crippen LogP contribution in [0.15, 0.2) is 28.7 Å². The van der Waals surface area contributed by atoms with Crippen molar-refractivity contribution in [3.8, 4) is 0 Å². The van der Waals surface area contributed by atoms with Crippen molar-refractivity contribution in [2.75, 3.05) is 0 Å². The topological polar surface area (TPSA) is 57.6 Å². The molecule has 3 rings (SSSR count). The summed E-state index contributed by atoms with van der Waals surface area (Å²) in [6, 6.07) is 7.57. The Bertz CT molecular complexity index is 553. The van der Waals surface area contributed by atoms with Gasteiger partial charge >= 0.3 is 5.97 Å². The minimum Gasteiger partial charge on any atom is -0.481 e. The first-order valence-electron chi connectivity index (χ1n) is 7.37. The largest absolute Gasteiger partial charge is 0.481 e. The molecule has 4 nitrogen and oxygen atoms in total. The first kappa shape index (κ1) is 14.6. The number of rotatable bonds is 3. The standard InChI is InChI=1S/C16H18BrNO3/c17-11-6-4-10(5-7-11)15-13(16(20)21)2-1-3-14(19)18(15)12-8-9-12/h4-7,12-13,15H,1-3,8-9H2,(H,20,21). The van der Waals surface area contributed by atoms with E-state index in [1.807, 2.05) is 29.2 Å². The first-order valence-corrected chi connectivity index (χ1v) is 8.16. The van der Waals surface area contributed by atoms with Crippen molar-refractivity contribution in [3.63, 3.8) is 0 Å². The fraction of sp³-hybridized carbons (Fsp3) is 0.500. The number of hydrogen-bond donors (Lipinski definition) is 1. The monoisotopic (exact) mass is 351 g/mol. The van der Waals surface area contributed by atoms with E-state index in [-0.39, 0.29) is 18.0 Å². The third-order valence-corrected chi connectivity index (χ3v) is 4.87. The maximum absolute atomic E-state index is 12.4. The second-order valence-electron chi connectivity index (χ2n) is 5.87. The lowest BCUT2D eigenvalue weighted by atomic mass is 9.89. The van der Waals surface area contributed by atoms with Gasteiger partial charge in [-0.1, -0.05) is 28.1 Å². The summed E-state index contributed by atoms with van der Waals surface area (Å²) in [4.78, 5) is 26.0. The summed E-state index contributed by atoms with van der Waals surface area (Å²) in [6.45, 7) is 0. The molecule has 0 bridgehead atoms. The van der Waals surface area contributed by atoms with Gasteiger partial charge in [0.25, 0.3) is 0 Å². The summed E-state index contributed by atoms with van der Waals surface area (Å²) in [5, 5.41) is 9.61. The average molecular weight is 352 g/mol. The Balaban J connectivity index is 2.03. The predicted octanol–water partition coefficient (Wildman–Crippen LogP) is 3.37. The molecule has 21 heavy (non-hydrogen) atoms. The highest BCUT2D eigenvalue weighted by Gasteiger charge is 2.44. The highest BCUT2D eigenvalue weighted by Crippen LogP contribution is 2.42. The maximum atomic E-state index is 12.4. The summed E-state index contributed by atoms with van der Waals surface area (Å²) in [5.74, 6) is -1.21. The van der Waals surface area contributed by atoms with E-state index in [4.69, 9.17) is 0 Å². The third-order valence-electron chi connectivity index (χ3n) is 4.34. The average Bonchev–Trinajstić information content (AvgIpc) is 3.26. The Morgan fingerprint density at radius 2 is 1.86 bits per heavy atom. The normalized spacial score (nSPS) is 26.5. The van der Waals surface area contributed by atoms with E-state index in [0.29, 0.717) is 19.3 Å². The minimum absolute atomic E-state index is 0.106. The van der Waals surface area contributed by atoms with Gasteiger partial charge in [0.15, 0.2) is 0 Å². The van der Waals surface area contributed by atoms with E-state index in [1.165, 1.54) is 0 Å². The van der Waals surface area contributed by atoms with Crippen LogP contribution < -0.4 is 0 Å². The van der Waals surface area contributed by atoms with Crippen LogP contribution in [0, 0.1) is 5.92 Å². The Kier molecular flexibility index (Phi) is 4.02. The van der Waals surface area contributed by atoms with E-state index in [9.17, 15) is 14.7 Å². The summed E-state index contributed by atoms with van der Waals surface area (Å²) >= 11 is 3.40. The zero-order chi connectivity index (χ0) is 15.0. The van der Waals surface area contributed by atoms with Crippen molar-refractivity contribution >= 4 is 27.8 Å². The fourth-order valence-corrected chi connectivity index (χ4v) is 3.47. The molecule has 2 unspecified atom stereocenters. The number of carboxylic acids is 1. The van der Waals surface area contributed by atoms with E-state index in [1.54, 1.807) is 0 Å². The molecule has 1 amide bonds. The summed E-state index contributed by atoms with van der Waals surface area (Å²) in [7, 11) is 0. The van der Waals surface area contributed by atoms with Crippen molar-refractivity contribution in [2.45, 2.75) is 44.2 Å². The number of benzene rings is 1. The van der Waals surface area contributed by atoms with Crippen LogP contribution in [0.1, 0.15) is 43.7 Å². The van der Waals surface area contributed by atoms with Gasteiger partial charge in [0.05, 0.1) is 12.0 Å². The molecule has 1 heterocycles. The van der Waals surface area contributed by atoms with Gasteiger partial charge < -0.3 is 10.0 Å². The molecule has 0 radical (unpaired) electrons. The summed E-state index contributed by atoms with van der Waals surface area (Å²) < 4.78 is 0.955. The molecule has 112 valence electrons. The SMILES string of the molecule is O=C(O)C1CCCC(=O)N(C2CC2)C1c1ccc(Br)cc1. The minimum atomic E-state index is -0.803. The second kappa shape index (κ2) is 5.79. The lowest BCUT2D eigenvalue weighted by molar-refractivity contribution is -0.146. The molecule has 1 aliphatic heterocycles. The molecule has 0 spiro atoms. The number of hydrogen-bond acceptors (Lipinski definition) is 2. The Labute approximate surface area is 132 Å². The van der Waals surface area contributed by atoms with Gasteiger partial charge in [-0.15, -0.1) is 0 Å². The van der Waals surface area contributed by atoms with Crippen molar-refractivity contribution in [2.24, 2.45) is 5.92 Å². The molecule has 1 aromatic carbocycles. The zero-order valence-electron chi connectivity index (χ0n) is 11.7. The van der Waals surface area contributed by atoms with Crippen LogP contribution in [-0.2, 0) is 9.59 Å². The van der Waals surface area contributed by atoms with Gasteiger partial charge in [-0.25, -0.2) is 0 Å². The van der Waals surface area contributed by atoms with E-state index >= 15 is 0 Å². The number of halogens is 1. The number of nitrogens with zero attached hydrogens (tertiary/aromatic N) is 1. The maximum Gasteiger partial charge on any atom is 0.308 e. The van der Waals surface area contributed by atoms with Crippen LogP contribution in [0.5, 0.6) is 0 Å². The second-order valence-corrected chi connectivity index (χ2v) is 6.78. The van der Waals surface area contributed by atoms with Crippen LogP contribution in [0.25, 0.3) is 0 Å². The Morgan fingerprint density at radius 1 is 1.19 bits per heavy atom. The van der Waals surface area contributed by atoms with E-state index < -0.39 is 11.9 Å². The van der Waals surface area contributed by atoms with Gasteiger partial charge in [-0.2, -0.15) is 0 Å². The van der Waals surface area contributed by atoms with Gasteiger partial charge in [0.1, 0.15) is 0 Å². The van der Waals surface area contributed by atoms with Crippen LogP contribution in [0.3, 0.4) is 0 Å². The van der Waals surface area contributed by atoms with Crippen LogP contribution in [-0.4, -0.2) is 27.9 Å². The number of likely N-dealkylation sites (tertiary alicyclic amines) is 1. The lowest BCUT2D eigenvalue weighted by Crippen LogP contribution is -2.40. The molecule has 1 aliphatic carbocycles. The molecule has 0 aromatic heterocycles. The highest BCUT2D eigenvalue weighted by atomic mass is 79.9. The van der Waals surface area contributed by atoms with Gasteiger partial charge in [0, 0.05) is 16.9 Å². The predicted molar refractivity (Wildman–Crippen MR) is 81.7 cm³/mol. The van der Waals surface area contributed by atoms with Gasteiger partial charge in [-0.05, 0) is 43.4 Å². The molecular weight excluding hydrogens is 334 g/mol. The molecule has 2 fully saturated rings. The van der Waals surface area contributed by atoms with Crippen molar-refractivity contribution in [1.82, 2.24) is 4.90 Å². The van der Waals surface area contributed by atoms with E-state index in [2.05, 4.69) is 15.9 Å². The molecule has 1 N–H and O–H groups in total. The zero-order valence-corrected chi connectivity index (χ0v) is 13.3. The quantitative estimate of drug-likeness (QED) is 0.908. The first-order chi connectivity index (χ1) is 10.1. The van der Waals surface area contributed by atoms with Crippen LogP contribution >= 0.6 is 15.9 Å². The van der Waals surface area contributed by atoms with E-state index in [0.717, 1.165) is 22.9 Å². The lowest BCUT2D eigenvalue weighted by Gasteiger charge is -2.34. The fourth-order valence-electron chi connectivity index (χ4n) is 3.20. The molecular formula is C16H18BrNO3. The number of amides is 1. The molecule has 2 aliphatic rings. The smallest absolute Gasteiger partial charge is 0.308 e. The number of carbonyl (C=O) groups excluding carboxylic acids is 1. The summed E-state index contributed by atoms with van der Waals surface area (Å²) in [5.41, 5.74) is 0.924.